The summed E-state index contributed by atoms with van der Waals surface area (Å²) in [5.41, 5.74) is 4.16. The zero-order valence-electron chi connectivity index (χ0n) is 22.3. The Labute approximate surface area is 251 Å². The fraction of sp³-hybridized carbons (Fsp3) is 0.323. The Morgan fingerprint density at radius 1 is 0.872 bits per heavy atom. The molecule has 0 spiro atoms. The molecule has 1 atom stereocenters. The minimum Gasteiger partial charge on any atom is -0.493 e. The topological polar surface area (TPSA) is 27.3 Å². The molecule has 0 amide bonds. The lowest BCUT2D eigenvalue weighted by molar-refractivity contribution is -0.704. The highest BCUT2D eigenvalue weighted by Crippen LogP contribution is 2.31. The van der Waals surface area contributed by atoms with Gasteiger partial charge in [0.2, 0.25) is 6.33 Å². The van der Waals surface area contributed by atoms with Gasteiger partial charge in [-0.3, -0.25) is 0 Å². The smallest absolute Gasteiger partial charge is 0.243 e. The van der Waals surface area contributed by atoms with Gasteiger partial charge < -0.3 is 9.47 Å². The van der Waals surface area contributed by atoms with E-state index in [1.165, 1.54) is 11.1 Å². The molecule has 0 radical (unpaired) electrons. The Hall–Kier alpha value is -2.21. The van der Waals surface area contributed by atoms with E-state index < -0.39 is 0 Å². The summed E-state index contributed by atoms with van der Waals surface area (Å²) in [6, 6.07) is 17.3. The molecule has 1 heterocycles. The average molecular weight is 607 g/mol. The predicted octanol–water partition coefficient (Wildman–Crippen LogP) is 9.25. The number of hydrogen-bond donors (Lipinski definition) is 0. The summed E-state index contributed by atoms with van der Waals surface area (Å²) in [7, 11) is 0. The van der Waals surface area contributed by atoms with Crippen molar-refractivity contribution in [3.63, 3.8) is 0 Å². The summed E-state index contributed by atoms with van der Waals surface area (Å²) in [5.74, 6) is 1.40. The largest absolute Gasteiger partial charge is 0.493 e. The molecule has 8 heteroatoms. The maximum Gasteiger partial charge on any atom is 0.243 e. The highest BCUT2D eigenvalue weighted by atomic mass is 35.5. The molecule has 1 unspecified atom stereocenters. The Morgan fingerprint density at radius 2 is 1.59 bits per heavy atom. The van der Waals surface area contributed by atoms with Crippen molar-refractivity contribution in [3.8, 4) is 5.75 Å². The summed E-state index contributed by atoms with van der Waals surface area (Å²) in [6.07, 6.45) is 6.73. The van der Waals surface area contributed by atoms with E-state index in [-0.39, 0.29) is 6.10 Å². The van der Waals surface area contributed by atoms with E-state index in [1.807, 2.05) is 24.4 Å². The maximum atomic E-state index is 6.57. The van der Waals surface area contributed by atoms with Crippen LogP contribution in [-0.2, 0) is 24.4 Å². The standard InChI is InChI=1S/C31H33Cl4N2O2/c1-21(2)26-9-5-22(3)15-30(26)38-14-4-11-36-12-13-37(20-36)18-31(27-10-8-25(33)17-29(27)35)39-19-23-6-7-24(32)16-28(23)34/h5-10,12-13,15-17,20-21,31H,4,11,14,18-19H2,1-3H3/q+1. The van der Waals surface area contributed by atoms with E-state index in [9.17, 15) is 0 Å². The van der Waals surface area contributed by atoms with Crippen molar-refractivity contribution in [3.05, 3.63) is 116 Å². The number of nitrogens with zero attached hydrogens (tertiary/aromatic N) is 2. The molecule has 39 heavy (non-hydrogen) atoms. The molecule has 1 aromatic heterocycles. The Kier molecular flexibility index (Phi) is 10.6. The van der Waals surface area contributed by atoms with Gasteiger partial charge in [-0.2, -0.15) is 0 Å². The number of rotatable bonds is 12. The highest BCUT2D eigenvalue weighted by molar-refractivity contribution is 6.35. The summed E-state index contributed by atoms with van der Waals surface area (Å²) in [6.45, 7) is 8.84. The van der Waals surface area contributed by atoms with Crippen molar-refractivity contribution in [2.75, 3.05) is 6.61 Å². The molecule has 0 fully saturated rings. The lowest BCUT2D eigenvalue weighted by atomic mass is 10.0. The van der Waals surface area contributed by atoms with Crippen molar-refractivity contribution in [1.82, 2.24) is 4.57 Å². The Bertz CT molecular complexity index is 1400. The van der Waals surface area contributed by atoms with Crippen LogP contribution in [0.25, 0.3) is 0 Å². The molecular formula is C31H33Cl4N2O2+. The Morgan fingerprint density at radius 3 is 2.31 bits per heavy atom. The van der Waals surface area contributed by atoms with Crippen molar-refractivity contribution in [2.45, 2.75) is 58.9 Å². The molecule has 4 rings (SSSR count). The van der Waals surface area contributed by atoms with Crippen LogP contribution < -0.4 is 9.30 Å². The van der Waals surface area contributed by atoms with Crippen molar-refractivity contribution >= 4 is 46.4 Å². The van der Waals surface area contributed by atoms with Gasteiger partial charge in [0, 0.05) is 32.1 Å². The summed E-state index contributed by atoms with van der Waals surface area (Å²) >= 11 is 25.2. The van der Waals surface area contributed by atoms with Gasteiger partial charge in [-0.25, -0.2) is 9.13 Å². The Balaban J connectivity index is 1.39. The first-order chi connectivity index (χ1) is 18.7. The molecule has 0 bridgehead atoms. The molecule has 0 aliphatic carbocycles. The third kappa shape index (κ3) is 8.39. The van der Waals surface area contributed by atoms with Crippen LogP contribution in [0.2, 0.25) is 20.1 Å². The van der Waals surface area contributed by atoms with Gasteiger partial charge in [-0.05, 0) is 59.9 Å². The summed E-state index contributed by atoms with van der Waals surface area (Å²) < 4.78 is 16.8. The van der Waals surface area contributed by atoms with Crippen molar-refractivity contribution in [2.24, 2.45) is 0 Å². The second-order valence-electron chi connectivity index (χ2n) is 9.95. The van der Waals surface area contributed by atoms with Gasteiger partial charge in [0.15, 0.2) is 0 Å². The fourth-order valence-electron chi connectivity index (χ4n) is 4.38. The lowest BCUT2D eigenvalue weighted by Crippen LogP contribution is -2.35. The quantitative estimate of drug-likeness (QED) is 0.119. The van der Waals surface area contributed by atoms with Gasteiger partial charge in [-0.1, -0.05) is 84.5 Å². The summed E-state index contributed by atoms with van der Waals surface area (Å²) in [4.78, 5) is 0. The number of aryl methyl sites for hydroxylation is 2. The van der Waals surface area contributed by atoms with Crippen LogP contribution in [-0.4, -0.2) is 11.2 Å². The SMILES string of the molecule is Cc1ccc(C(C)C)c(OCCCn2cc[n+](CC(OCc3ccc(Cl)cc3Cl)c3ccc(Cl)cc3Cl)c2)c1. The van der Waals surface area contributed by atoms with Gasteiger partial charge in [0.25, 0.3) is 0 Å². The summed E-state index contributed by atoms with van der Waals surface area (Å²) in [5, 5.41) is 2.29. The molecule has 4 aromatic rings. The average Bonchev–Trinajstić information content (AvgIpc) is 3.32. The molecule has 0 saturated carbocycles. The van der Waals surface area contributed by atoms with E-state index in [0.717, 1.165) is 29.8 Å². The number of ether oxygens (including phenoxy) is 2. The molecule has 0 aliphatic rings. The third-order valence-corrected chi connectivity index (χ3v) is 7.65. The number of aromatic nitrogens is 2. The molecule has 3 aromatic carbocycles. The van der Waals surface area contributed by atoms with Crippen LogP contribution in [0.4, 0.5) is 0 Å². The van der Waals surface area contributed by atoms with Gasteiger partial charge in [0.05, 0.1) is 19.8 Å². The predicted molar refractivity (Wildman–Crippen MR) is 160 cm³/mol. The second-order valence-corrected chi connectivity index (χ2v) is 11.6. The normalized spacial score (nSPS) is 12.2. The molecule has 0 aliphatic heterocycles. The number of halogens is 4. The van der Waals surface area contributed by atoms with Crippen LogP contribution >= 0.6 is 46.4 Å². The van der Waals surface area contributed by atoms with Crippen LogP contribution in [0.15, 0.2) is 73.3 Å². The van der Waals surface area contributed by atoms with Crippen LogP contribution in [0, 0.1) is 6.92 Å². The maximum absolute atomic E-state index is 6.57. The van der Waals surface area contributed by atoms with Crippen LogP contribution in [0.1, 0.15) is 54.5 Å². The molecular weight excluding hydrogens is 574 g/mol. The van der Waals surface area contributed by atoms with E-state index in [0.29, 0.717) is 45.8 Å². The first kappa shape index (κ1) is 29.8. The number of benzene rings is 3. The molecule has 0 saturated heterocycles. The van der Waals surface area contributed by atoms with E-state index in [1.54, 1.807) is 18.2 Å². The monoisotopic (exact) mass is 605 g/mol. The fourth-order valence-corrected chi connectivity index (χ4v) is 5.37. The molecule has 0 N–H and O–H groups in total. The second kappa shape index (κ2) is 13.9. The van der Waals surface area contributed by atoms with Crippen LogP contribution in [0.5, 0.6) is 5.75 Å². The van der Waals surface area contributed by atoms with Crippen molar-refractivity contribution < 1.29 is 14.0 Å². The molecule has 4 nitrogen and oxygen atoms in total. The zero-order chi connectivity index (χ0) is 27.9. The van der Waals surface area contributed by atoms with Crippen LogP contribution in [0.3, 0.4) is 0 Å². The minimum absolute atomic E-state index is 0.315. The number of imidazole rings is 1. The first-order valence-electron chi connectivity index (χ1n) is 13.0. The molecule has 206 valence electrons. The minimum atomic E-state index is -0.318. The van der Waals surface area contributed by atoms with Gasteiger partial charge in [-0.15, -0.1) is 0 Å². The number of hydrogen-bond acceptors (Lipinski definition) is 2. The first-order valence-corrected chi connectivity index (χ1v) is 14.5. The van der Waals surface area contributed by atoms with E-state index in [2.05, 4.69) is 60.6 Å². The highest BCUT2D eigenvalue weighted by Gasteiger charge is 2.21. The van der Waals surface area contributed by atoms with Crippen molar-refractivity contribution in [1.29, 1.82) is 0 Å². The zero-order valence-corrected chi connectivity index (χ0v) is 25.4. The lowest BCUT2D eigenvalue weighted by Gasteiger charge is -2.19. The third-order valence-electron chi connectivity index (χ3n) is 6.50. The van der Waals surface area contributed by atoms with Gasteiger partial charge >= 0.3 is 0 Å². The van der Waals surface area contributed by atoms with E-state index >= 15 is 0 Å². The van der Waals surface area contributed by atoms with E-state index in [4.69, 9.17) is 55.9 Å². The van der Waals surface area contributed by atoms with Gasteiger partial charge in [0.1, 0.15) is 30.8 Å².